The normalized spacial score (nSPS) is 23.6. The van der Waals surface area contributed by atoms with E-state index in [0.717, 1.165) is 25.7 Å². The number of hydrogen-bond donors (Lipinski definition) is 3. The van der Waals surface area contributed by atoms with Crippen LogP contribution in [0.5, 0.6) is 0 Å². The number of nitrogens with zero attached hydrogens (tertiary/aromatic N) is 5. The second-order valence-corrected chi connectivity index (χ2v) is 11.3. The number of carboxylic acids is 1. The molecule has 2 amide bonds. The van der Waals surface area contributed by atoms with Gasteiger partial charge in [-0.3, -0.25) is 19.1 Å². The van der Waals surface area contributed by atoms with Gasteiger partial charge in [-0.25, -0.2) is 9.50 Å². The molecular formula is C27H30F3N7O4. The molecule has 3 aromatic heterocycles. The summed E-state index contributed by atoms with van der Waals surface area (Å²) in [6.45, 7) is 1.61. The Bertz CT molecular complexity index is 1500. The highest BCUT2D eigenvalue weighted by Crippen LogP contribution is 2.54. The number of carbonyl (C=O) groups excluding carboxylic acids is 2. The van der Waals surface area contributed by atoms with Gasteiger partial charge in [-0.05, 0) is 68.6 Å². The molecule has 1 saturated heterocycles. The van der Waals surface area contributed by atoms with Gasteiger partial charge in [0, 0.05) is 25.7 Å². The lowest BCUT2D eigenvalue weighted by atomic mass is 9.73. The summed E-state index contributed by atoms with van der Waals surface area (Å²) in [4.78, 5) is 42.8. The van der Waals surface area contributed by atoms with E-state index in [4.69, 9.17) is 4.98 Å². The van der Waals surface area contributed by atoms with Crippen molar-refractivity contribution in [2.45, 2.75) is 57.8 Å². The Morgan fingerprint density at radius 2 is 1.90 bits per heavy atom. The van der Waals surface area contributed by atoms with E-state index in [1.54, 1.807) is 23.1 Å². The van der Waals surface area contributed by atoms with Crippen molar-refractivity contribution in [3.05, 3.63) is 47.7 Å². The monoisotopic (exact) mass is 573 g/mol. The number of imidazole rings is 1. The quantitative estimate of drug-likeness (QED) is 0.317. The molecule has 4 heterocycles. The molecule has 3 atom stereocenters. The summed E-state index contributed by atoms with van der Waals surface area (Å²) >= 11 is 0. The molecule has 1 aliphatic heterocycles. The van der Waals surface area contributed by atoms with Crippen LogP contribution in [0, 0.1) is 29.1 Å². The summed E-state index contributed by atoms with van der Waals surface area (Å²) in [6, 6.07) is 4.16. The van der Waals surface area contributed by atoms with E-state index < -0.39 is 48.4 Å². The van der Waals surface area contributed by atoms with Gasteiger partial charge in [-0.2, -0.15) is 23.4 Å². The maximum absolute atomic E-state index is 13.8. The average molecular weight is 574 g/mol. The van der Waals surface area contributed by atoms with Gasteiger partial charge in [0.05, 0.1) is 29.5 Å². The molecule has 0 bridgehead atoms. The van der Waals surface area contributed by atoms with Crippen LogP contribution in [0.3, 0.4) is 0 Å². The fraction of sp³-hybridized carbons (Fsp3) is 0.556. The molecular weight excluding hydrogens is 543 g/mol. The summed E-state index contributed by atoms with van der Waals surface area (Å²) in [5.74, 6) is -4.64. The van der Waals surface area contributed by atoms with Gasteiger partial charge in [0.1, 0.15) is 5.69 Å². The molecule has 2 aliphatic carbocycles. The third-order valence-electron chi connectivity index (χ3n) is 8.67. The van der Waals surface area contributed by atoms with E-state index in [1.165, 1.54) is 16.6 Å². The minimum Gasteiger partial charge on any atom is -0.480 e. The van der Waals surface area contributed by atoms with Crippen molar-refractivity contribution >= 4 is 23.4 Å². The second kappa shape index (κ2) is 9.84. The lowest BCUT2D eigenvalue weighted by Crippen LogP contribution is -2.49. The van der Waals surface area contributed by atoms with Crippen LogP contribution in [-0.4, -0.2) is 60.0 Å². The summed E-state index contributed by atoms with van der Waals surface area (Å²) in [7, 11) is 0. The highest BCUT2D eigenvalue weighted by Gasteiger charge is 2.66. The van der Waals surface area contributed by atoms with Gasteiger partial charge in [0.2, 0.25) is 5.91 Å². The Morgan fingerprint density at radius 3 is 2.51 bits per heavy atom. The molecule has 3 unspecified atom stereocenters. The standard InChI is InChI=1S/C27H30F3N7O4/c1-2-36-18(9-10-32-36)23(38)34-22(21(14-3-4-14)15-5-6-15)17-13-37-20(33-17)8-7-16(35-37)11-26(25(40)41)19(27(28,29)30)12-31-24(26)39/h7-10,13-15,19,21-22H,2-6,11-12H2,1H3,(H,31,39)(H,34,38)(H,40,41). The first-order chi connectivity index (χ1) is 19.5. The summed E-state index contributed by atoms with van der Waals surface area (Å²) in [5.41, 5.74) is -1.35. The lowest BCUT2D eigenvalue weighted by Gasteiger charge is -2.29. The highest BCUT2D eigenvalue weighted by molar-refractivity contribution is 6.04. The van der Waals surface area contributed by atoms with E-state index in [-0.39, 0.29) is 17.5 Å². The molecule has 3 N–H and O–H groups in total. The van der Waals surface area contributed by atoms with Crippen molar-refractivity contribution in [2.24, 2.45) is 29.1 Å². The van der Waals surface area contributed by atoms with Gasteiger partial charge in [0.15, 0.2) is 11.1 Å². The Labute approximate surface area is 232 Å². The average Bonchev–Trinajstić information content (AvgIpc) is 3.81. The van der Waals surface area contributed by atoms with E-state index in [0.29, 0.717) is 35.4 Å². The number of aromatic nitrogens is 5. The number of amides is 2. The number of halogens is 3. The number of carbonyl (C=O) groups is 3. The van der Waals surface area contributed by atoms with Gasteiger partial charge >= 0.3 is 12.1 Å². The van der Waals surface area contributed by atoms with Crippen LogP contribution in [0.4, 0.5) is 13.2 Å². The summed E-state index contributed by atoms with van der Waals surface area (Å²) < 4.78 is 44.3. The largest absolute Gasteiger partial charge is 0.480 e. The number of carboxylic acid groups (broad SMARTS) is 1. The molecule has 0 spiro atoms. The topological polar surface area (TPSA) is 144 Å². The predicted octanol–water partition coefficient (Wildman–Crippen LogP) is 2.77. The molecule has 0 radical (unpaired) electrons. The van der Waals surface area contributed by atoms with Gasteiger partial charge in [-0.15, -0.1) is 0 Å². The third-order valence-corrected chi connectivity index (χ3v) is 8.67. The van der Waals surface area contributed by atoms with Crippen LogP contribution in [-0.2, 0) is 22.6 Å². The number of fused-ring (bicyclic) bond motifs is 1. The molecule has 3 aromatic rings. The number of aliphatic carboxylic acids is 1. The minimum atomic E-state index is -4.90. The van der Waals surface area contributed by atoms with Crippen LogP contribution in [0.1, 0.15) is 60.5 Å². The van der Waals surface area contributed by atoms with Gasteiger partial charge in [-0.1, -0.05) is 0 Å². The first-order valence-electron chi connectivity index (χ1n) is 13.8. The van der Waals surface area contributed by atoms with Crippen molar-refractivity contribution in [1.82, 2.24) is 35.0 Å². The maximum Gasteiger partial charge on any atom is 0.395 e. The van der Waals surface area contributed by atoms with Crippen molar-refractivity contribution in [3.8, 4) is 0 Å². The Kier molecular flexibility index (Phi) is 6.53. The van der Waals surface area contributed by atoms with E-state index in [2.05, 4.69) is 20.8 Å². The second-order valence-electron chi connectivity index (χ2n) is 11.3. The highest BCUT2D eigenvalue weighted by atomic mass is 19.4. The number of alkyl halides is 3. The first-order valence-corrected chi connectivity index (χ1v) is 13.8. The molecule has 2 saturated carbocycles. The first kappa shape index (κ1) is 27.2. The Morgan fingerprint density at radius 1 is 1.20 bits per heavy atom. The molecule has 3 fully saturated rings. The van der Waals surface area contributed by atoms with Crippen molar-refractivity contribution in [3.63, 3.8) is 0 Å². The number of aryl methyl sites for hydroxylation is 1. The zero-order valence-corrected chi connectivity index (χ0v) is 22.3. The summed E-state index contributed by atoms with van der Waals surface area (Å²) in [5, 5.41) is 23.7. The van der Waals surface area contributed by atoms with E-state index >= 15 is 0 Å². The van der Waals surface area contributed by atoms with Crippen molar-refractivity contribution < 1.29 is 32.7 Å². The van der Waals surface area contributed by atoms with Crippen molar-refractivity contribution in [1.29, 1.82) is 0 Å². The summed E-state index contributed by atoms with van der Waals surface area (Å²) in [6.07, 6.45) is 1.82. The van der Waals surface area contributed by atoms with E-state index in [9.17, 15) is 32.7 Å². The molecule has 41 heavy (non-hydrogen) atoms. The third kappa shape index (κ3) is 4.82. The molecule has 11 nitrogen and oxygen atoms in total. The molecule has 14 heteroatoms. The Hall–Kier alpha value is -3.97. The van der Waals surface area contributed by atoms with Crippen LogP contribution >= 0.6 is 0 Å². The zero-order valence-electron chi connectivity index (χ0n) is 22.3. The smallest absolute Gasteiger partial charge is 0.395 e. The van der Waals surface area contributed by atoms with Crippen molar-refractivity contribution in [2.75, 3.05) is 6.54 Å². The number of rotatable bonds is 10. The Balaban J connectivity index is 1.34. The van der Waals surface area contributed by atoms with Crippen LogP contribution in [0.25, 0.3) is 5.65 Å². The lowest BCUT2D eigenvalue weighted by molar-refractivity contribution is -0.205. The zero-order chi connectivity index (χ0) is 29.1. The van der Waals surface area contributed by atoms with Gasteiger partial charge in [0.25, 0.3) is 5.91 Å². The predicted molar refractivity (Wildman–Crippen MR) is 136 cm³/mol. The fourth-order valence-corrected chi connectivity index (χ4v) is 6.33. The maximum atomic E-state index is 13.8. The SMILES string of the molecule is CCn1nccc1C(=O)NC(c1cn2nc(CC3(C(=O)O)C(=O)NCC3C(F)(F)F)ccc2n1)C(C1CC1)C1CC1. The van der Waals surface area contributed by atoms with Gasteiger partial charge < -0.3 is 15.7 Å². The molecule has 3 aliphatic rings. The number of hydrogen-bond acceptors (Lipinski definition) is 6. The van der Waals surface area contributed by atoms with Crippen LogP contribution < -0.4 is 10.6 Å². The van der Waals surface area contributed by atoms with Crippen LogP contribution in [0.2, 0.25) is 0 Å². The van der Waals surface area contributed by atoms with Crippen LogP contribution in [0.15, 0.2) is 30.6 Å². The molecule has 6 rings (SSSR count). The molecule has 218 valence electrons. The minimum absolute atomic E-state index is 0.00326. The molecule has 0 aromatic carbocycles. The number of nitrogens with one attached hydrogen (secondary N) is 2. The van der Waals surface area contributed by atoms with E-state index in [1.807, 2.05) is 6.92 Å². The fourth-order valence-electron chi connectivity index (χ4n) is 6.33.